The molecule has 0 radical (unpaired) electrons. The summed E-state index contributed by atoms with van der Waals surface area (Å²) in [6, 6.07) is 7.19. The van der Waals surface area contributed by atoms with Crippen LogP contribution in [0.2, 0.25) is 0 Å². The fourth-order valence-corrected chi connectivity index (χ4v) is 2.85. The molecule has 124 valence electrons. The number of ether oxygens (including phenoxy) is 2. The van der Waals surface area contributed by atoms with Gasteiger partial charge in [-0.25, -0.2) is 0 Å². The smallest absolute Gasteiger partial charge is 0.264 e. The van der Waals surface area contributed by atoms with Crippen molar-refractivity contribution in [1.82, 2.24) is 4.90 Å². The van der Waals surface area contributed by atoms with Crippen molar-refractivity contribution in [1.29, 1.82) is 5.26 Å². The molecule has 1 saturated heterocycles. The Kier molecular flexibility index (Phi) is 4.38. The molecule has 2 amide bonds. The number of nitrogens with zero attached hydrogens (tertiary/aromatic N) is 2. The van der Waals surface area contributed by atoms with Crippen molar-refractivity contribution in [2.24, 2.45) is 11.7 Å². The fourth-order valence-electron chi connectivity index (χ4n) is 2.85. The highest BCUT2D eigenvalue weighted by Gasteiger charge is 2.27. The van der Waals surface area contributed by atoms with Crippen LogP contribution in [0.1, 0.15) is 18.4 Å². The lowest BCUT2D eigenvalue weighted by molar-refractivity contribution is -0.131. The average molecular weight is 327 g/mol. The predicted octanol–water partition coefficient (Wildman–Crippen LogP) is 1.05. The highest BCUT2D eigenvalue weighted by atomic mass is 16.7. The van der Waals surface area contributed by atoms with Crippen molar-refractivity contribution in [2.45, 2.75) is 12.8 Å². The lowest BCUT2D eigenvalue weighted by Crippen LogP contribution is -2.42. The standard InChI is InChI=1S/C17H17N3O4/c18-9-13(7-11-1-2-14-15(8-11)24-10-23-14)17(22)20-5-3-12(4-6-20)16(19)21/h1-2,7-8,12H,3-6,10H2,(H2,19,21)/b13-7+. The van der Waals surface area contributed by atoms with Crippen LogP contribution < -0.4 is 15.2 Å². The summed E-state index contributed by atoms with van der Waals surface area (Å²) in [6.45, 7) is 1.01. The highest BCUT2D eigenvalue weighted by Crippen LogP contribution is 2.33. The first-order valence-corrected chi connectivity index (χ1v) is 7.68. The van der Waals surface area contributed by atoms with E-state index < -0.39 is 0 Å². The van der Waals surface area contributed by atoms with Gasteiger partial charge in [0, 0.05) is 19.0 Å². The number of likely N-dealkylation sites (tertiary alicyclic amines) is 1. The second-order valence-electron chi connectivity index (χ2n) is 5.75. The Bertz CT molecular complexity index is 743. The van der Waals surface area contributed by atoms with Crippen molar-refractivity contribution in [3.63, 3.8) is 0 Å². The van der Waals surface area contributed by atoms with Crippen molar-refractivity contribution >= 4 is 17.9 Å². The largest absolute Gasteiger partial charge is 0.454 e. The molecule has 2 aliphatic heterocycles. The lowest BCUT2D eigenvalue weighted by atomic mass is 9.96. The van der Waals surface area contributed by atoms with Gasteiger partial charge in [0.15, 0.2) is 11.5 Å². The number of nitriles is 1. The summed E-state index contributed by atoms with van der Waals surface area (Å²) in [5, 5.41) is 9.33. The van der Waals surface area contributed by atoms with Crippen molar-refractivity contribution < 1.29 is 19.1 Å². The quantitative estimate of drug-likeness (QED) is 0.660. The van der Waals surface area contributed by atoms with Gasteiger partial charge in [-0.15, -0.1) is 0 Å². The molecule has 2 N–H and O–H groups in total. The Balaban J connectivity index is 1.73. The van der Waals surface area contributed by atoms with Gasteiger partial charge in [0.1, 0.15) is 11.6 Å². The van der Waals surface area contributed by atoms with Gasteiger partial charge in [0.2, 0.25) is 12.7 Å². The third-order valence-corrected chi connectivity index (χ3v) is 4.24. The zero-order valence-electron chi connectivity index (χ0n) is 13.0. The van der Waals surface area contributed by atoms with E-state index in [1.165, 1.54) is 6.08 Å². The number of amides is 2. The molecule has 0 spiro atoms. The van der Waals surface area contributed by atoms with Crippen LogP contribution in [0.25, 0.3) is 6.08 Å². The Morgan fingerprint density at radius 1 is 1.25 bits per heavy atom. The number of primary amides is 1. The minimum absolute atomic E-state index is 0.0476. The Labute approximate surface area is 139 Å². The summed E-state index contributed by atoms with van der Waals surface area (Å²) >= 11 is 0. The number of nitrogens with two attached hydrogens (primary N) is 1. The van der Waals surface area contributed by atoms with Gasteiger partial charge in [-0.3, -0.25) is 9.59 Å². The van der Waals surface area contributed by atoms with E-state index >= 15 is 0 Å². The molecule has 1 aromatic carbocycles. The number of rotatable bonds is 3. The Morgan fingerprint density at radius 3 is 2.62 bits per heavy atom. The minimum atomic E-state index is -0.335. The number of benzene rings is 1. The third-order valence-electron chi connectivity index (χ3n) is 4.24. The van der Waals surface area contributed by atoms with Gasteiger partial charge in [-0.1, -0.05) is 6.07 Å². The monoisotopic (exact) mass is 327 g/mol. The normalized spacial score (nSPS) is 17.5. The maximum Gasteiger partial charge on any atom is 0.264 e. The first-order chi connectivity index (χ1) is 11.6. The van der Waals surface area contributed by atoms with Crippen molar-refractivity contribution in [3.05, 3.63) is 29.3 Å². The molecule has 7 heteroatoms. The third kappa shape index (κ3) is 3.18. The van der Waals surface area contributed by atoms with Crippen LogP contribution in [-0.4, -0.2) is 36.6 Å². The molecule has 0 atom stereocenters. The van der Waals surface area contributed by atoms with Crippen LogP contribution in [0.3, 0.4) is 0 Å². The molecule has 0 saturated carbocycles. The van der Waals surface area contributed by atoms with Gasteiger partial charge in [-0.2, -0.15) is 5.26 Å². The van der Waals surface area contributed by atoms with Gasteiger partial charge in [0.25, 0.3) is 5.91 Å². The van der Waals surface area contributed by atoms with Crippen LogP contribution in [0.5, 0.6) is 11.5 Å². The summed E-state index contributed by atoms with van der Waals surface area (Å²) in [7, 11) is 0. The van der Waals surface area contributed by atoms with E-state index in [-0.39, 0.29) is 30.1 Å². The van der Waals surface area contributed by atoms with E-state index in [9.17, 15) is 14.9 Å². The van der Waals surface area contributed by atoms with Crippen LogP contribution in [0.15, 0.2) is 23.8 Å². The molecule has 2 aliphatic rings. The second kappa shape index (κ2) is 6.62. The van der Waals surface area contributed by atoms with Gasteiger partial charge < -0.3 is 20.1 Å². The summed E-state index contributed by atoms with van der Waals surface area (Å²) in [5.41, 5.74) is 6.03. The molecule has 3 rings (SSSR count). The zero-order chi connectivity index (χ0) is 17.1. The number of carbonyl (C=O) groups is 2. The Morgan fingerprint density at radius 2 is 1.96 bits per heavy atom. The van der Waals surface area contributed by atoms with E-state index in [0.29, 0.717) is 43.0 Å². The molecule has 2 heterocycles. The van der Waals surface area contributed by atoms with Crippen LogP contribution in [0.4, 0.5) is 0 Å². The SMILES string of the molecule is N#C/C(=C\c1ccc2c(c1)OCO2)C(=O)N1CCC(C(N)=O)CC1. The maximum absolute atomic E-state index is 12.5. The summed E-state index contributed by atoms with van der Waals surface area (Å²) < 4.78 is 10.5. The molecular weight excluding hydrogens is 310 g/mol. The van der Waals surface area contributed by atoms with E-state index in [1.807, 2.05) is 6.07 Å². The molecule has 0 bridgehead atoms. The molecular formula is C17H17N3O4. The lowest BCUT2D eigenvalue weighted by Gasteiger charge is -2.30. The van der Waals surface area contributed by atoms with Gasteiger partial charge in [0.05, 0.1) is 0 Å². The van der Waals surface area contributed by atoms with Crippen molar-refractivity contribution in [3.8, 4) is 17.6 Å². The van der Waals surface area contributed by atoms with Gasteiger partial charge in [-0.05, 0) is 36.6 Å². The fraction of sp³-hybridized carbons (Fsp3) is 0.353. The number of carbonyl (C=O) groups excluding carboxylic acids is 2. The minimum Gasteiger partial charge on any atom is -0.454 e. The molecule has 24 heavy (non-hydrogen) atoms. The van der Waals surface area contributed by atoms with E-state index in [4.69, 9.17) is 15.2 Å². The molecule has 0 aromatic heterocycles. The summed E-state index contributed by atoms with van der Waals surface area (Å²) in [5.74, 6) is 0.371. The van der Waals surface area contributed by atoms with E-state index in [1.54, 1.807) is 23.1 Å². The van der Waals surface area contributed by atoms with E-state index in [2.05, 4.69) is 0 Å². The van der Waals surface area contributed by atoms with Gasteiger partial charge >= 0.3 is 0 Å². The molecule has 1 fully saturated rings. The number of hydrogen-bond acceptors (Lipinski definition) is 5. The number of hydrogen-bond donors (Lipinski definition) is 1. The van der Waals surface area contributed by atoms with Crippen LogP contribution in [-0.2, 0) is 9.59 Å². The topological polar surface area (TPSA) is 106 Å². The average Bonchev–Trinajstić information content (AvgIpc) is 3.07. The molecule has 0 aliphatic carbocycles. The Hall–Kier alpha value is -3.01. The molecule has 0 unspecified atom stereocenters. The van der Waals surface area contributed by atoms with E-state index in [0.717, 1.165) is 0 Å². The maximum atomic E-state index is 12.5. The first kappa shape index (κ1) is 15.9. The second-order valence-corrected chi connectivity index (χ2v) is 5.75. The first-order valence-electron chi connectivity index (χ1n) is 7.68. The molecule has 7 nitrogen and oxygen atoms in total. The number of fused-ring (bicyclic) bond motifs is 1. The van der Waals surface area contributed by atoms with Crippen LogP contribution >= 0.6 is 0 Å². The summed E-state index contributed by atoms with van der Waals surface area (Å²) in [4.78, 5) is 25.3. The van der Waals surface area contributed by atoms with Crippen molar-refractivity contribution in [2.75, 3.05) is 19.9 Å². The van der Waals surface area contributed by atoms with Crippen LogP contribution in [0, 0.1) is 17.2 Å². The zero-order valence-corrected chi connectivity index (χ0v) is 13.0. The predicted molar refractivity (Wildman–Crippen MR) is 84.7 cm³/mol. The molecule has 1 aromatic rings. The summed E-state index contributed by atoms with van der Waals surface area (Å²) in [6.07, 6.45) is 2.60. The number of piperidine rings is 1. The highest BCUT2D eigenvalue weighted by molar-refractivity contribution is 6.01.